The number of carbonyl (C=O) groups excluding carboxylic acids is 1. The summed E-state index contributed by atoms with van der Waals surface area (Å²) in [5, 5.41) is 3.45. The number of anilines is 1. The molecule has 0 spiro atoms. The number of nitrogens with one attached hydrogen (secondary N) is 1. The average molecular weight is 340 g/mol. The van der Waals surface area contributed by atoms with E-state index in [1.54, 1.807) is 50.6 Å². The van der Waals surface area contributed by atoms with E-state index in [2.05, 4.69) is 5.32 Å². The summed E-state index contributed by atoms with van der Waals surface area (Å²) in [4.78, 5) is 12.2. The predicted molar refractivity (Wildman–Crippen MR) is 88.3 cm³/mol. The van der Waals surface area contributed by atoms with Crippen LogP contribution in [-0.4, -0.2) is 20.1 Å². The standard InChI is InChI=1S/C16H15Cl2NO3/c1-21-11-7-6-10(14(9-11)22-2)8-15(20)19-13-5-3-4-12(17)16(13)18/h3-7,9H,8H2,1-2H3,(H,19,20). The molecule has 0 aliphatic carbocycles. The van der Waals surface area contributed by atoms with Gasteiger partial charge in [0, 0.05) is 11.6 Å². The molecule has 0 aromatic heterocycles. The maximum Gasteiger partial charge on any atom is 0.228 e. The zero-order valence-electron chi connectivity index (χ0n) is 12.2. The van der Waals surface area contributed by atoms with Crippen LogP contribution in [0.1, 0.15) is 5.56 Å². The van der Waals surface area contributed by atoms with Gasteiger partial charge in [0.05, 0.1) is 36.4 Å². The molecule has 6 heteroatoms. The number of carbonyl (C=O) groups is 1. The van der Waals surface area contributed by atoms with Crippen molar-refractivity contribution in [1.82, 2.24) is 0 Å². The van der Waals surface area contributed by atoms with Crippen molar-refractivity contribution in [3.63, 3.8) is 0 Å². The number of hydrogen-bond acceptors (Lipinski definition) is 3. The van der Waals surface area contributed by atoms with Gasteiger partial charge in [-0.2, -0.15) is 0 Å². The number of benzene rings is 2. The van der Waals surface area contributed by atoms with Crippen LogP contribution >= 0.6 is 23.2 Å². The van der Waals surface area contributed by atoms with Gasteiger partial charge in [-0.1, -0.05) is 35.3 Å². The molecule has 1 N–H and O–H groups in total. The quantitative estimate of drug-likeness (QED) is 0.888. The van der Waals surface area contributed by atoms with Gasteiger partial charge in [0.15, 0.2) is 0 Å². The van der Waals surface area contributed by atoms with E-state index < -0.39 is 0 Å². The lowest BCUT2D eigenvalue weighted by Crippen LogP contribution is -2.15. The van der Waals surface area contributed by atoms with E-state index in [-0.39, 0.29) is 12.3 Å². The van der Waals surface area contributed by atoms with Crippen molar-refractivity contribution in [1.29, 1.82) is 0 Å². The summed E-state index contributed by atoms with van der Waals surface area (Å²) >= 11 is 12.0. The Morgan fingerprint density at radius 1 is 1.14 bits per heavy atom. The molecule has 0 atom stereocenters. The summed E-state index contributed by atoms with van der Waals surface area (Å²) in [6.07, 6.45) is 0.149. The van der Waals surface area contributed by atoms with Crippen molar-refractivity contribution >= 4 is 34.8 Å². The third kappa shape index (κ3) is 3.84. The summed E-state index contributed by atoms with van der Waals surface area (Å²) < 4.78 is 10.4. The fourth-order valence-corrected chi connectivity index (χ4v) is 2.31. The third-order valence-corrected chi connectivity index (χ3v) is 3.89. The Morgan fingerprint density at radius 3 is 2.59 bits per heavy atom. The summed E-state index contributed by atoms with van der Waals surface area (Å²) in [6, 6.07) is 10.4. The Kier molecular flexibility index (Phi) is 5.52. The zero-order valence-corrected chi connectivity index (χ0v) is 13.7. The molecule has 0 unspecified atom stereocenters. The van der Waals surface area contributed by atoms with Crippen LogP contribution < -0.4 is 14.8 Å². The van der Waals surface area contributed by atoms with E-state index in [1.807, 2.05) is 0 Å². The van der Waals surface area contributed by atoms with Crippen LogP contribution in [0.2, 0.25) is 10.0 Å². The predicted octanol–water partition coefficient (Wildman–Crippen LogP) is 4.19. The van der Waals surface area contributed by atoms with E-state index in [4.69, 9.17) is 32.7 Å². The summed E-state index contributed by atoms with van der Waals surface area (Å²) in [7, 11) is 3.12. The van der Waals surface area contributed by atoms with Crippen molar-refractivity contribution in [2.45, 2.75) is 6.42 Å². The highest BCUT2D eigenvalue weighted by Crippen LogP contribution is 2.30. The number of amides is 1. The molecule has 22 heavy (non-hydrogen) atoms. The van der Waals surface area contributed by atoms with E-state index in [0.717, 1.165) is 5.56 Å². The highest BCUT2D eigenvalue weighted by molar-refractivity contribution is 6.43. The second-order valence-electron chi connectivity index (χ2n) is 4.50. The first-order valence-electron chi connectivity index (χ1n) is 6.50. The second-order valence-corrected chi connectivity index (χ2v) is 5.29. The topological polar surface area (TPSA) is 47.6 Å². The van der Waals surface area contributed by atoms with Crippen molar-refractivity contribution in [2.24, 2.45) is 0 Å². The van der Waals surface area contributed by atoms with Crippen molar-refractivity contribution in [3.8, 4) is 11.5 Å². The Morgan fingerprint density at radius 2 is 1.91 bits per heavy atom. The third-order valence-electron chi connectivity index (χ3n) is 3.07. The van der Waals surface area contributed by atoms with Gasteiger partial charge in [-0.25, -0.2) is 0 Å². The normalized spacial score (nSPS) is 10.2. The van der Waals surface area contributed by atoms with Crippen LogP contribution in [0.4, 0.5) is 5.69 Å². The highest BCUT2D eigenvalue weighted by atomic mass is 35.5. The molecule has 2 rings (SSSR count). The van der Waals surface area contributed by atoms with Crippen molar-refractivity contribution < 1.29 is 14.3 Å². The molecule has 0 saturated carbocycles. The first-order valence-corrected chi connectivity index (χ1v) is 7.25. The number of methoxy groups -OCH3 is 2. The average Bonchev–Trinajstić information content (AvgIpc) is 2.52. The summed E-state index contributed by atoms with van der Waals surface area (Å²) in [5.74, 6) is 1.04. The van der Waals surface area contributed by atoms with E-state index in [0.29, 0.717) is 27.2 Å². The number of hydrogen-bond donors (Lipinski definition) is 1. The van der Waals surface area contributed by atoms with Crippen LogP contribution in [0, 0.1) is 0 Å². The van der Waals surface area contributed by atoms with Gasteiger partial charge < -0.3 is 14.8 Å². The molecule has 116 valence electrons. The SMILES string of the molecule is COc1ccc(CC(=O)Nc2cccc(Cl)c2Cl)c(OC)c1. The summed E-state index contributed by atoms with van der Waals surface area (Å²) in [5.41, 5.74) is 1.23. The lowest BCUT2D eigenvalue weighted by atomic mass is 10.1. The minimum absolute atomic E-state index is 0.149. The first kappa shape index (κ1) is 16.5. The minimum atomic E-state index is -0.215. The first-order chi connectivity index (χ1) is 10.5. The van der Waals surface area contributed by atoms with Crippen LogP contribution in [0.5, 0.6) is 11.5 Å². The Labute approximate surface area is 138 Å². The molecule has 4 nitrogen and oxygen atoms in total. The van der Waals surface area contributed by atoms with E-state index >= 15 is 0 Å². The van der Waals surface area contributed by atoms with Crippen LogP contribution in [0.25, 0.3) is 0 Å². The molecule has 2 aromatic rings. The van der Waals surface area contributed by atoms with Crippen molar-refractivity contribution in [2.75, 3.05) is 19.5 Å². The van der Waals surface area contributed by atoms with Gasteiger partial charge in [0.2, 0.25) is 5.91 Å². The molecule has 0 aliphatic rings. The fourth-order valence-electron chi connectivity index (χ4n) is 1.97. The van der Waals surface area contributed by atoms with E-state index in [9.17, 15) is 4.79 Å². The largest absolute Gasteiger partial charge is 0.497 e. The zero-order chi connectivity index (χ0) is 16.1. The Balaban J connectivity index is 2.14. The second kappa shape index (κ2) is 7.38. The smallest absolute Gasteiger partial charge is 0.228 e. The van der Waals surface area contributed by atoms with Gasteiger partial charge in [0.25, 0.3) is 0 Å². The number of ether oxygens (including phenoxy) is 2. The molecule has 0 bridgehead atoms. The molecule has 1 amide bonds. The molecule has 0 saturated heterocycles. The minimum Gasteiger partial charge on any atom is -0.497 e. The summed E-state index contributed by atoms with van der Waals surface area (Å²) in [6.45, 7) is 0. The van der Waals surface area contributed by atoms with Crippen molar-refractivity contribution in [3.05, 3.63) is 52.0 Å². The highest BCUT2D eigenvalue weighted by Gasteiger charge is 2.12. The molecule has 0 radical (unpaired) electrons. The van der Waals surface area contributed by atoms with Crippen LogP contribution in [0.15, 0.2) is 36.4 Å². The lowest BCUT2D eigenvalue weighted by Gasteiger charge is -2.11. The maximum atomic E-state index is 12.2. The molecular formula is C16H15Cl2NO3. The molecule has 0 aliphatic heterocycles. The lowest BCUT2D eigenvalue weighted by molar-refractivity contribution is -0.115. The van der Waals surface area contributed by atoms with Crippen LogP contribution in [-0.2, 0) is 11.2 Å². The molecule has 0 heterocycles. The number of halogens is 2. The van der Waals surface area contributed by atoms with E-state index in [1.165, 1.54) is 0 Å². The molecule has 2 aromatic carbocycles. The van der Waals surface area contributed by atoms with Gasteiger partial charge in [-0.05, 0) is 18.2 Å². The van der Waals surface area contributed by atoms with Gasteiger partial charge in [-0.3, -0.25) is 4.79 Å². The molecule has 0 fully saturated rings. The maximum absolute atomic E-state index is 12.2. The van der Waals surface area contributed by atoms with Gasteiger partial charge >= 0.3 is 0 Å². The van der Waals surface area contributed by atoms with Gasteiger partial charge in [-0.15, -0.1) is 0 Å². The Hall–Kier alpha value is -1.91. The van der Waals surface area contributed by atoms with Crippen LogP contribution in [0.3, 0.4) is 0 Å². The number of rotatable bonds is 5. The fraction of sp³-hybridized carbons (Fsp3) is 0.188. The monoisotopic (exact) mass is 339 g/mol. The Bertz CT molecular complexity index is 689. The van der Waals surface area contributed by atoms with Gasteiger partial charge in [0.1, 0.15) is 11.5 Å². The molecular weight excluding hydrogens is 325 g/mol.